The molecule has 1 aromatic heterocycles. The van der Waals surface area contributed by atoms with E-state index in [4.69, 9.17) is 23.9 Å². The minimum absolute atomic E-state index is 0.182. The second kappa shape index (κ2) is 11.1. The molecule has 0 aliphatic carbocycles. The van der Waals surface area contributed by atoms with E-state index in [2.05, 4.69) is 42.0 Å². The van der Waals surface area contributed by atoms with Gasteiger partial charge in [0.1, 0.15) is 0 Å². The second-order valence-electron chi connectivity index (χ2n) is 8.31. The largest absolute Gasteiger partial charge is 0.493 e. The average molecular weight is 483 g/mol. The van der Waals surface area contributed by atoms with Crippen LogP contribution >= 0.6 is 11.3 Å². The summed E-state index contributed by atoms with van der Waals surface area (Å²) < 4.78 is 25.1. The number of hydrogen-bond donors (Lipinski definition) is 0. The maximum absolute atomic E-state index is 6.01. The van der Waals surface area contributed by atoms with Crippen LogP contribution in [0, 0.1) is 0 Å². The summed E-state index contributed by atoms with van der Waals surface area (Å²) in [5.74, 6) is 1.86. The van der Waals surface area contributed by atoms with Crippen LogP contribution < -0.4 is 19.0 Å². The third-order valence-corrected chi connectivity index (χ3v) is 7.20. The molecule has 1 atom stereocenters. The fraction of sp³-hybridized carbons (Fsp3) is 0.444. The summed E-state index contributed by atoms with van der Waals surface area (Å²) in [4.78, 5) is 6.20. The Hall–Kier alpha value is -2.77. The van der Waals surface area contributed by atoms with Crippen molar-refractivity contribution >= 4 is 17.0 Å². The number of methoxy groups -OCH3 is 3. The van der Waals surface area contributed by atoms with Crippen molar-refractivity contribution < 1.29 is 18.9 Å². The minimum Gasteiger partial charge on any atom is -0.493 e. The van der Waals surface area contributed by atoms with E-state index in [1.54, 1.807) is 32.7 Å². The maximum atomic E-state index is 6.01. The van der Waals surface area contributed by atoms with Crippen LogP contribution in [0.5, 0.6) is 17.2 Å². The molecule has 2 heterocycles. The average Bonchev–Trinajstić information content (AvgIpc) is 3.53. The quantitative estimate of drug-likeness (QED) is 0.388. The number of aromatic nitrogens is 1. The van der Waals surface area contributed by atoms with E-state index in [9.17, 15) is 0 Å². The van der Waals surface area contributed by atoms with E-state index in [0.717, 1.165) is 60.6 Å². The first-order chi connectivity index (χ1) is 16.6. The maximum Gasteiger partial charge on any atom is 0.203 e. The molecule has 0 radical (unpaired) electrons. The standard InChI is InChI=1S/C27H34N2O4S/c1-6-18-10-8-11-19(7-2)25(18)28-27-29(16-21-12-9-13-33-21)22(17-34-27)20-14-23(30-3)26(32-5)24(15-20)31-4/h8,10-11,14-15,17,21H,6-7,9,12-13,16H2,1-5H3/t21-/m1/s1. The smallest absolute Gasteiger partial charge is 0.203 e. The van der Waals surface area contributed by atoms with Gasteiger partial charge >= 0.3 is 0 Å². The van der Waals surface area contributed by atoms with E-state index in [0.29, 0.717) is 17.2 Å². The molecule has 4 rings (SSSR count). The Morgan fingerprint density at radius 2 is 1.71 bits per heavy atom. The molecule has 0 N–H and O–H groups in total. The molecule has 0 unspecified atom stereocenters. The van der Waals surface area contributed by atoms with Crippen molar-refractivity contribution in [1.29, 1.82) is 0 Å². The molecule has 0 spiro atoms. The fourth-order valence-corrected chi connectivity index (χ4v) is 5.43. The van der Waals surface area contributed by atoms with Gasteiger partial charge in [-0.2, -0.15) is 0 Å². The Morgan fingerprint density at radius 3 is 2.24 bits per heavy atom. The first kappa shape index (κ1) is 24.4. The molecule has 2 aromatic carbocycles. The lowest BCUT2D eigenvalue weighted by Gasteiger charge is -2.17. The molecule has 0 saturated carbocycles. The number of para-hydroxylation sites is 1. The molecule has 34 heavy (non-hydrogen) atoms. The van der Waals surface area contributed by atoms with Crippen molar-refractivity contribution in [2.45, 2.75) is 52.2 Å². The highest BCUT2D eigenvalue weighted by atomic mass is 32.1. The zero-order valence-corrected chi connectivity index (χ0v) is 21.5. The molecule has 1 fully saturated rings. The molecule has 182 valence electrons. The molecular formula is C27H34N2O4S. The van der Waals surface area contributed by atoms with Crippen LogP contribution in [-0.2, 0) is 24.1 Å². The van der Waals surface area contributed by atoms with E-state index in [1.165, 1.54) is 11.1 Å². The first-order valence-electron chi connectivity index (χ1n) is 11.9. The van der Waals surface area contributed by atoms with E-state index in [-0.39, 0.29) is 6.10 Å². The summed E-state index contributed by atoms with van der Waals surface area (Å²) in [6, 6.07) is 10.5. The molecule has 0 bridgehead atoms. The number of ether oxygens (including phenoxy) is 4. The number of thiazole rings is 1. The lowest BCUT2D eigenvalue weighted by atomic mass is 10.0. The van der Waals surface area contributed by atoms with Crippen LogP contribution in [-0.4, -0.2) is 38.6 Å². The van der Waals surface area contributed by atoms with Gasteiger partial charge in [0, 0.05) is 17.6 Å². The number of benzene rings is 2. The van der Waals surface area contributed by atoms with Crippen molar-refractivity contribution in [3.63, 3.8) is 0 Å². The molecule has 6 nitrogen and oxygen atoms in total. The van der Waals surface area contributed by atoms with Gasteiger partial charge in [0.2, 0.25) is 5.75 Å². The number of hydrogen-bond acceptors (Lipinski definition) is 6. The molecule has 3 aromatic rings. The molecule has 7 heteroatoms. The highest BCUT2D eigenvalue weighted by Crippen LogP contribution is 2.41. The Kier molecular flexibility index (Phi) is 7.95. The predicted molar refractivity (Wildman–Crippen MR) is 137 cm³/mol. The highest BCUT2D eigenvalue weighted by Gasteiger charge is 2.21. The van der Waals surface area contributed by atoms with Crippen molar-refractivity contribution in [2.24, 2.45) is 4.99 Å². The Balaban J connectivity index is 1.91. The van der Waals surface area contributed by atoms with E-state index >= 15 is 0 Å². The van der Waals surface area contributed by atoms with Gasteiger partial charge in [-0.3, -0.25) is 0 Å². The Bertz CT molecular complexity index is 1140. The highest BCUT2D eigenvalue weighted by molar-refractivity contribution is 7.07. The minimum atomic E-state index is 0.182. The normalized spacial score (nSPS) is 16.1. The van der Waals surface area contributed by atoms with Gasteiger partial charge in [0.25, 0.3) is 0 Å². The van der Waals surface area contributed by atoms with Gasteiger partial charge in [-0.25, -0.2) is 4.99 Å². The van der Waals surface area contributed by atoms with Crippen molar-refractivity contribution in [1.82, 2.24) is 4.57 Å². The summed E-state index contributed by atoms with van der Waals surface area (Å²) in [7, 11) is 4.91. The number of rotatable bonds is 9. The van der Waals surface area contributed by atoms with Crippen LogP contribution in [0.15, 0.2) is 40.7 Å². The number of nitrogens with zero attached hydrogens (tertiary/aromatic N) is 2. The zero-order chi connectivity index (χ0) is 24.1. The SMILES string of the molecule is CCc1cccc(CC)c1N=c1scc(-c2cc(OC)c(OC)c(OC)c2)n1C[C@H]1CCCO1. The molecular weight excluding hydrogens is 448 g/mol. The second-order valence-corrected chi connectivity index (χ2v) is 9.14. The predicted octanol–water partition coefficient (Wildman–Crippen LogP) is 5.78. The lowest BCUT2D eigenvalue weighted by molar-refractivity contribution is 0.0968. The van der Waals surface area contributed by atoms with Crippen LogP contribution in [0.1, 0.15) is 37.8 Å². The third-order valence-electron chi connectivity index (χ3n) is 6.34. The van der Waals surface area contributed by atoms with Crippen molar-refractivity contribution in [2.75, 3.05) is 27.9 Å². The van der Waals surface area contributed by atoms with Gasteiger partial charge in [-0.05, 0) is 48.9 Å². The van der Waals surface area contributed by atoms with Gasteiger partial charge in [-0.1, -0.05) is 32.0 Å². The molecule has 0 amide bonds. The van der Waals surface area contributed by atoms with E-state index in [1.807, 2.05) is 12.1 Å². The zero-order valence-electron chi connectivity index (χ0n) is 20.7. The van der Waals surface area contributed by atoms with Gasteiger partial charge in [0.05, 0.1) is 45.4 Å². The number of aryl methyl sites for hydroxylation is 2. The Labute approximate surface area is 205 Å². The summed E-state index contributed by atoms with van der Waals surface area (Å²) in [6.45, 7) is 5.94. The summed E-state index contributed by atoms with van der Waals surface area (Å²) in [6.07, 6.45) is 4.23. The monoisotopic (exact) mass is 482 g/mol. The molecule has 1 aliphatic heterocycles. The summed E-state index contributed by atoms with van der Waals surface area (Å²) >= 11 is 1.65. The lowest BCUT2D eigenvalue weighted by Crippen LogP contribution is -2.24. The van der Waals surface area contributed by atoms with Crippen LogP contribution in [0.4, 0.5) is 5.69 Å². The van der Waals surface area contributed by atoms with Crippen LogP contribution in [0.2, 0.25) is 0 Å². The topological polar surface area (TPSA) is 54.2 Å². The van der Waals surface area contributed by atoms with Gasteiger partial charge in [0.15, 0.2) is 16.3 Å². The van der Waals surface area contributed by atoms with Crippen molar-refractivity contribution in [3.8, 4) is 28.5 Å². The first-order valence-corrected chi connectivity index (χ1v) is 12.8. The molecule has 1 saturated heterocycles. The van der Waals surface area contributed by atoms with Crippen molar-refractivity contribution in [3.05, 3.63) is 51.6 Å². The summed E-state index contributed by atoms with van der Waals surface area (Å²) in [5.41, 5.74) is 5.68. The van der Waals surface area contributed by atoms with Crippen LogP contribution in [0.3, 0.4) is 0 Å². The summed E-state index contributed by atoms with van der Waals surface area (Å²) in [5, 5.41) is 2.16. The molecule has 1 aliphatic rings. The van der Waals surface area contributed by atoms with E-state index < -0.39 is 0 Å². The fourth-order valence-electron chi connectivity index (χ4n) is 4.50. The van der Waals surface area contributed by atoms with Crippen LogP contribution in [0.25, 0.3) is 11.3 Å². The van der Waals surface area contributed by atoms with Gasteiger partial charge in [-0.15, -0.1) is 11.3 Å². The Morgan fingerprint density at radius 1 is 1.03 bits per heavy atom. The van der Waals surface area contributed by atoms with Gasteiger partial charge < -0.3 is 23.5 Å². The third kappa shape index (κ3) is 4.86.